The summed E-state index contributed by atoms with van der Waals surface area (Å²) in [6.45, 7) is 2.58. The Morgan fingerprint density at radius 1 is 1.20 bits per heavy atom. The lowest BCUT2D eigenvalue weighted by Crippen LogP contribution is -2.46. The first-order valence-corrected chi connectivity index (χ1v) is 9.36. The Kier molecular flexibility index (Phi) is 5.61. The van der Waals surface area contributed by atoms with Crippen LogP contribution in [0, 0.1) is 5.92 Å². The fourth-order valence-corrected chi connectivity index (χ4v) is 4.34. The van der Waals surface area contributed by atoms with E-state index in [1.807, 2.05) is 31.2 Å². The van der Waals surface area contributed by atoms with Crippen molar-refractivity contribution in [1.82, 2.24) is 4.90 Å². The molecule has 1 amide bonds. The molecule has 1 aromatic carbocycles. The van der Waals surface area contributed by atoms with Crippen LogP contribution in [0.3, 0.4) is 0 Å². The summed E-state index contributed by atoms with van der Waals surface area (Å²) in [7, 11) is 0. The Bertz CT molecular complexity index is 613. The van der Waals surface area contributed by atoms with Gasteiger partial charge in [-0.3, -0.25) is 4.79 Å². The van der Waals surface area contributed by atoms with Crippen LogP contribution in [-0.2, 0) is 16.0 Å². The lowest BCUT2D eigenvalue weighted by atomic mass is 9.84. The molecule has 3 rings (SSSR count). The van der Waals surface area contributed by atoms with Crippen molar-refractivity contribution in [3.05, 3.63) is 29.8 Å². The molecule has 1 aromatic rings. The molecule has 1 saturated carbocycles. The van der Waals surface area contributed by atoms with Crippen molar-refractivity contribution < 1.29 is 19.4 Å². The van der Waals surface area contributed by atoms with E-state index in [1.165, 1.54) is 0 Å². The third-order valence-electron chi connectivity index (χ3n) is 5.52. The first-order chi connectivity index (χ1) is 12.1. The van der Waals surface area contributed by atoms with Crippen LogP contribution in [0.1, 0.15) is 51.0 Å². The molecule has 2 aliphatic rings. The number of amides is 1. The molecule has 25 heavy (non-hydrogen) atoms. The van der Waals surface area contributed by atoms with E-state index in [0.29, 0.717) is 31.8 Å². The Balaban J connectivity index is 1.63. The van der Waals surface area contributed by atoms with Gasteiger partial charge in [0.25, 0.3) is 0 Å². The molecule has 3 unspecified atom stereocenters. The number of carboxylic acid groups (broad SMARTS) is 1. The van der Waals surface area contributed by atoms with Crippen molar-refractivity contribution in [2.75, 3.05) is 6.61 Å². The summed E-state index contributed by atoms with van der Waals surface area (Å²) in [6.07, 6.45) is 5.86. The monoisotopic (exact) mass is 345 g/mol. The molecule has 5 heteroatoms. The zero-order valence-corrected chi connectivity index (χ0v) is 14.8. The van der Waals surface area contributed by atoms with Gasteiger partial charge in [0.15, 0.2) is 0 Å². The van der Waals surface area contributed by atoms with Crippen LogP contribution in [0.4, 0.5) is 0 Å². The van der Waals surface area contributed by atoms with E-state index in [-0.39, 0.29) is 11.9 Å². The minimum Gasteiger partial charge on any atom is -0.494 e. The molecule has 2 fully saturated rings. The number of carboxylic acids is 1. The topological polar surface area (TPSA) is 66.8 Å². The third kappa shape index (κ3) is 3.97. The zero-order chi connectivity index (χ0) is 17.8. The number of hydrogen-bond acceptors (Lipinski definition) is 3. The number of nitrogens with zero attached hydrogens (tertiary/aromatic N) is 1. The summed E-state index contributed by atoms with van der Waals surface area (Å²) in [5.74, 6) is 0.317. The van der Waals surface area contributed by atoms with E-state index in [2.05, 4.69) is 0 Å². The quantitative estimate of drug-likeness (QED) is 0.859. The predicted molar refractivity (Wildman–Crippen MR) is 94.6 cm³/mol. The summed E-state index contributed by atoms with van der Waals surface area (Å²) in [5.41, 5.74) is 1.07. The van der Waals surface area contributed by atoms with Gasteiger partial charge in [-0.15, -0.1) is 0 Å². The van der Waals surface area contributed by atoms with E-state index in [0.717, 1.165) is 37.0 Å². The predicted octanol–water partition coefficient (Wildman–Crippen LogP) is 3.26. The van der Waals surface area contributed by atoms with Gasteiger partial charge in [0, 0.05) is 12.5 Å². The number of ether oxygens (including phenoxy) is 1. The van der Waals surface area contributed by atoms with Crippen LogP contribution in [0.2, 0.25) is 0 Å². The fraction of sp³-hybridized carbons (Fsp3) is 0.600. The standard InChI is InChI=1S/C20H27NO4/c1-2-25-16-10-7-14(8-11-16)9-12-19(22)21-17-6-4-3-5-15(17)13-18(21)20(23)24/h7-8,10-11,15,17-18H,2-6,9,12-13H2,1H3,(H,23,24). The molecular formula is C20H27NO4. The lowest BCUT2D eigenvalue weighted by molar-refractivity contribution is -0.149. The molecule has 0 bridgehead atoms. The highest BCUT2D eigenvalue weighted by molar-refractivity contribution is 5.85. The highest BCUT2D eigenvalue weighted by Gasteiger charge is 2.47. The number of aryl methyl sites for hydroxylation is 1. The average Bonchev–Trinajstić information content (AvgIpc) is 3.01. The molecule has 0 spiro atoms. The SMILES string of the molecule is CCOc1ccc(CCC(=O)N2C(C(=O)O)CC3CCCCC32)cc1. The summed E-state index contributed by atoms with van der Waals surface area (Å²) < 4.78 is 5.43. The Morgan fingerprint density at radius 3 is 2.60 bits per heavy atom. The first-order valence-electron chi connectivity index (χ1n) is 9.36. The van der Waals surface area contributed by atoms with Crippen LogP contribution in [0.15, 0.2) is 24.3 Å². The Morgan fingerprint density at radius 2 is 1.92 bits per heavy atom. The molecule has 0 aromatic heterocycles. The molecule has 1 heterocycles. The van der Waals surface area contributed by atoms with Gasteiger partial charge in [-0.25, -0.2) is 4.79 Å². The molecule has 1 aliphatic carbocycles. The van der Waals surface area contributed by atoms with Crippen molar-refractivity contribution in [3.8, 4) is 5.75 Å². The number of aliphatic carboxylic acids is 1. The smallest absolute Gasteiger partial charge is 0.326 e. The van der Waals surface area contributed by atoms with E-state index in [9.17, 15) is 14.7 Å². The second-order valence-electron chi connectivity index (χ2n) is 7.08. The van der Waals surface area contributed by atoms with E-state index in [1.54, 1.807) is 4.90 Å². The van der Waals surface area contributed by atoms with Crippen molar-refractivity contribution in [2.45, 2.75) is 64.0 Å². The van der Waals surface area contributed by atoms with Crippen molar-refractivity contribution in [3.63, 3.8) is 0 Å². The largest absolute Gasteiger partial charge is 0.494 e. The van der Waals surface area contributed by atoms with Crippen LogP contribution < -0.4 is 4.74 Å². The van der Waals surface area contributed by atoms with Crippen molar-refractivity contribution in [2.24, 2.45) is 5.92 Å². The van der Waals surface area contributed by atoms with Crippen molar-refractivity contribution >= 4 is 11.9 Å². The van der Waals surface area contributed by atoms with Gasteiger partial charge >= 0.3 is 5.97 Å². The molecule has 1 aliphatic heterocycles. The summed E-state index contributed by atoms with van der Waals surface area (Å²) in [4.78, 5) is 26.1. The average molecular weight is 345 g/mol. The Hall–Kier alpha value is -2.04. The maximum Gasteiger partial charge on any atom is 0.326 e. The van der Waals surface area contributed by atoms with Crippen LogP contribution in [0.25, 0.3) is 0 Å². The summed E-state index contributed by atoms with van der Waals surface area (Å²) >= 11 is 0. The number of rotatable bonds is 6. The van der Waals surface area contributed by atoms with Gasteiger partial charge in [-0.05, 0) is 56.2 Å². The third-order valence-corrected chi connectivity index (χ3v) is 5.52. The zero-order valence-electron chi connectivity index (χ0n) is 14.8. The van der Waals surface area contributed by atoms with Gasteiger partial charge in [0.1, 0.15) is 11.8 Å². The second kappa shape index (κ2) is 7.89. The maximum atomic E-state index is 12.8. The van der Waals surface area contributed by atoms with Gasteiger partial charge < -0.3 is 14.7 Å². The van der Waals surface area contributed by atoms with Crippen LogP contribution in [-0.4, -0.2) is 40.6 Å². The first kappa shape index (κ1) is 17.8. The molecule has 5 nitrogen and oxygen atoms in total. The molecule has 0 radical (unpaired) electrons. The lowest BCUT2D eigenvalue weighted by Gasteiger charge is -2.33. The Labute approximate surface area is 149 Å². The van der Waals surface area contributed by atoms with Gasteiger partial charge in [-0.2, -0.15) is 0 Å². The second-order valence-corrected chi connectivity index (χ2v) is 7.08. The number of hydrogen-bond donors (Lipinski definition) is 1. The van der Waals surface area contributed by atoms with Gasteiger partial charge in [0.2, 0.25) is 5.91 Å². The normalized spacial score (nSPS) is 25.5. The maximum absolute atomic E-state index is 12.8. The number of carbonyl (C=O) groups is 2. The number of benzene rings is 1. The van der Waals surface area contributed by atoms with Crippen LogP contribution >= 0.6 is 0 Å². The number of carbonyl (C=O) groups excluding carboxylic acids is 1. The van der Waals surface area contributed by atoms with Crippen molar-refractivity contribution in [1.29, 1.82) is 0 Å². The minimum absolute atomic E-state index is 0.0179. The molecule has 1 saturated heterocycles. The van der Waals surface area contributed by atoms with Crippen LogP contribution in [0.5, 0.6) is 5.75 Å². The van der Waals surface area contributed by atoms with E-state index in [4.69, 9.17) is 4.74 Å². The molecular weight excluding hydrogens is 318 g/mol. The minimum atomic E-state index is -0.858. The molecule has 136 valence electrons. The number of fused-ring (bicyclic) bond motifs is 1. The molecule has 1 N–H and O–H groups in total. The summed E-state index contributed by atoms with van der Waals surface area (Å²) in [6, 6.07) is 7.26. The fourth-order valence-electron chi connectivity index (χ4n) is 4.34. The summed E-state index contributed by atoms with van der Waals surface area (Å²) in [5, 5.41) is 9.54. The van der Waals surface area contributed by atoms with E-state index < -0.39 is 12.0 Å². The molecule has 3 atom stereocenters. The van der Waals surface area contributed by atoms with Gasteiger partial charge in [-0.1, -0.05) is 25.0 Å². The van der Waals surface area contributed by atoms with Gasteiger partial charge in [0.05, 0.1) is 6.61 Å². The number of likely N-dealkylation sites (tertiary alicyclic amines) is 1. The highest BCUT2D eigenvalue weighted by atomic mass is 16.5. The van der Waals surface area contributed by atoms with E-state index >= 15 is 0 Å². The highest BCUT2D eigenvalue weighted by Crippen LogP contribution is 2.40.